The lowest BCUT2D eigenvalue weighted by molar-refractivity contribution is -0.367. The molecule has 0 bridgehead atoms. The van der Waals surface area contributed by atoms with Gasteiger partial charge in [-0.05, 0) is 72.8 Å². The molecule has 0 saturated carbocycles. The van der Waals surface area contributed by atoms with Gasteiger partial charge in [0.1, 0.15) is 0 Å². The van der Waals surface area contributed by atoms with Gasteiger partial charge >= 0.3 is 0 Å². The summed E-state index contributed by atoms with van der Waals surface area (Å²) >= 11 is 0. The van der Waals surface area contributed by atoms with E-state index >= 15 is 0 Å². The van der Waals surface area contributed by atoms with Crippen molar-refractivity contribution in [3.05, 3.63) is 82.5 Å². The Balaban J connectivity index is 2.66. The first-order chi connectivity index (χ1) is 15.2. The Hall–Kier alpha value is -1.94. The van der Waals surface area contributed by atoms with Crippen LogP contribution in [0.1, 0.15) is 79.7 Å². The zero-order valence-electron chi connectivity index (χ0n) is 21.4. The van der Waals surface area contributed by atoms with Crippen LogP contribution >= 0.6 is 0 Å². The molecule has 1 rings (SSSR count). The Morgan fingerprint density at radius 3 is 1.59 bits per heavy atom. The molecule has 0 atom stereocenters. The summed E-state index contributed by atoms with van der Waals surface area (Å²) in [6, 6.07) is 10.1. The SMILES string of the molecule is CC(C)=CCC/C(C)=C/COC(C)(OC/C=C(\C)CCC=C(C)C)OCc1ccccc1. The average Bonchev–Trinajstić information content (AvgIpc) is 2.72. The van der Waals surface area contributed by atoms with Crippen LogP contribution in [-0.4, -0.2) is 19.2 Å². The quantitative estimate of drug-likeness (QED) is 0.203. The van der Waals surface area contributed by atoms with Crippen molar-refractivity contribution in [2.75, 3.05) is 13.2 Å². The minimum absolute atomic E-state index is 0.434. The Labute approximate surface area is 196 Å². The average molecular weight is 441 g/mol. The molecule has 0 amide bonds. The summed E-state index contributed by atoms with van der Waals surface area (Å²) in [7, 11) is 0. The smallest absolute Gasteiger partial charge is 0.280 e. The van der Waals surface area contributed by atoms with Crippen LogP contribution in [0.15, 0.2) is 76.9 Å². The predicted molar refractivity (Wildman–Crippen MR) is 136 cm³/mol. The van der Waals surface area contributed by atoms with Gasteiger partial charge in [0.2, 0.25) is 0 Å². The third-order valence-electron chi connectivity index (χ3n) is 5.08. The van der Waals surface area contributed by atoms with Crippen molar-refractivity contribution in [2.45, 2.75) is 86.7 Å². The molecule has 3 nitrogen and oxygen atoms in total. The van der Waals surface area contributed by atoms with Gasteiger partial charge in [-0.2, -0.15) is 0 Å². The van der Waals surface area contributed by atoms with Crippen molar-refractivity contribution in [1.82, 2.24) is 0 Å². The maximum absolute atomic E-state index is 6.08. The van der Waals surface area contributed by atoms with Crippen LogP contribution in [0.2, 0.25) is 0 Å². The summed E-state index contributed by atoms with van der Waals surface area (Å²) < 4.78 is 18.2. The molecule has 0 aromatic heterocycles. The van der Waals surface area contributed by atoms with Crippen molar-refractivity contribution in [3.8, 4) is 0 Å². The lowest BCUT2D eigenvalue weighted by Crippen LogP contribution is -2.36. The highest BCUT2D eigenvalue weighted by Crippen LogP contribution is 2.19. The molecule has 0 N–H and O–H groups in total. The fourth-order valence-corrected chi connectivity index (χ4v) is 2.97. The van der Waals surface area contributed by atoms with E-state index in [9.17, 15) is 0 Å². The highest BCUT2D eigenvalue weighted by Gasteiger charge is 2.26. The first-order valence-corrected chi connectivity index (χ1v) is 11.7. The molecule has 1 aromatic carbocycles. The van der Waals surface area contributed by atoms with Gasteiger partial charge < -0.3 is 14.2 Å². The van der Waals surface area contributed by atoms with Gasteiger partial charge in [0.25, 0.3) is 5.97 Å². The third-order valence-corrected chi connectivity index (χ3v) is 5.08. The second kappa shape index (κ2) is 15.8. The molecule has 0 aliphatic carbocycles. The number of allylic oxidation sites excluding steroid dienone is 6. The van der Waals surface area contributed by atoms with Gasteiger partial charge in [-0.15, -0.1) is 0 Å². The van der Waals surface area contributed by atoms with E-state index in [0.717, 1.165) is 31.2 Å². The van der Waals surface area contributed by atoms with Crippen molar-refractivity contribution in [2.24, 2.45) is 0 Å². The maximum atomic E-state index is 6.08. The molecule has 0 unspecified atom stereocenters. The van der Waals surface area contributed by atoms with Gasteiger partial charge in [-0.3, -0.25) is 0 Å². The first kappa shape index (κ1) is 28.1. The van der Waals surface area contributed by atoms with Crippen LogP contribution in [0.25, 0.3) is 0 Å². The van der Waals surface area contributed by atoms with Crippen LogP contribution in [0, 0.1) is 0 Å². The summed E-state index contributed by atoms with van der Waals surface area (Å²) in [6.07, 6.45) is 12.9. The molecular formula is C29H44O3. The Bertz CT molecular complexity index is 719. The van der Waals surface area contributed by atoms with E-state index in [2.05, 4.69) is 65.8 Å². The second-order valence-corrected chi connectivity index (χ2v) is 9.00. The fourth-order valence-electron chi connectivity index (χ4n) is 2.97. The van der Waals surface area contributed by atoms with E-state index in [4.69, 9.17) is 14.2 Å². The van der Waals surface area contributed by atoms with Gasteiger partial charge in [0, 0.05) is 6.92 Å². The van der Waals surface area contributed by atoms with Gasteiger partial charge in [-0.1, -0.05) is 76.9 Å². The fraction of sp³-hybridized carbons (Fsp3) is 0.517. The molecule has 1 aromatic rings. The lowest BCUT2D eigenvalue weighted by Gasteiger charge is -2.29. The molecule has 0 radical (unpaired) electrons. The molecule has 0 spiro atoms. The van der Waals surface area contributed by atoms with Crippen LogP contribution in [-0.2, 0) is 20.8 Å². The Kier molecular flexibility index (Phi) is 13.9. The van der Waals surface area contributed by atoms with E-state index in [1.165, 1.54) is 22.3 Å². The summed E-state index contributed by atoms with van der Waals surface area (Å²) in [6.45, 7) is 16.0. The van der Waals surface area contributed by atoms with Crippen LogP contribution in [0.4, 0.5) is 0 Å². The van der Waals surface area contributed by atoms with Crippen LogP contribution in [0.3, 0.4) is 0 Å². The largest absolute Gasteiger partial charge is 0.323 e. The zero-order valence-corrected chi connectivity index (χ0v) is 21.4. The molecular weight excluding hydrogens is 396 g/mol. The summed E-state index contributed by atoms with van der Waals surface area (Å²) in [5.74, 6) is -1.11. The third kappa shape index (κ3) is 14.2. The van der Waals surface area contributed by atoms with E-state index in [1.54, 1.807) is 0 Å². The lowest BCUT2D eigenvalue weighted by atomic mass is 10.1. The van der Waals surface area contributed by atoms with Crippen molar-refractivity contribution >= 4 is 0 Å². The molecule has 32 heavy (non-hydrogen) atoms. The van der Waals surface area contributed by atoms with E-state index < -0.39 is 5.97 Å². The number of rotatable bonds is 15. The van der Waals surface area contributed by atoms with Crippen LogP contribution in [0.5, 0.6) is 0 Å². The molecule has 0 saturated heterocycles. The molecule has 0 aliphatic heterocycles. The van der Waals surface area contributed by atoms with Gasteiger partial charge in [0.15, 0.2) is 0 Å². The van der Waals surface area contributed by atoms with Crippen LogP contribution < -0.4 is 0 Å². The molecule has 3 heteroatoms. The molecule has 178 valence electrons. The zero-order chi connectivity index (χ0) is 23.8. The summed E-state index contributed by atoms with van der Waals surface area (Å²) in [5, 5.41) is 0. The number of ether oxygens (including phenoxy) is 3. The topological polar surface area (TPSA) is 27.7 Å². The van der Waals surface area contributed by atoms with E-state index in [1.807, 2.05) is 37.3 Å². The monoisotopic (exact) mass is 440 g/mol. The van der Waals surface area contributed by atoms with Crippen molar-refractivity contribution in [3.63, 3.8) is 0 Å². The van der Waals surface area contributed by atoms with Gasteiger partial charge in [-0.25, -0.2) is 0 Å². The number of benzene rings is 1. The predicted octanol–water partition coefficient (Wildman–Crippen LogP) is 8.30. The maximum Gasteiger partial charge on any atom is 0.280 e. The molecule has 0 aliphatic rings. The minimum atomic E-state index is -1.11. The molecule has 0 fully saturated rings. The minimum Gasteiger partial charge on any atom is -0.323 e. The highest BCUT2D eigenvalue weighted by atomic mass is 16.9. The molecule has 0 heterocycles. The normalized spacial score (nSPS) is 14.1. The number of hydrogen-bond donors (Lipinski definition) is 0. The second-order valence-electron chi connectivity index (χ2n) is 9.00. The van der Waals surface area contributed by atoms with Crippen molar-refractivity contribution in [1.29, 1.82) is 0 Å². The Morgan fingerprint density at radius 2 is 1.16 bits per heavy atom. The highest BCUT2D eigenvalue weighted by molar-refractivity contribution is 5.13. The van der Waals surface area contributed by atoms with E-state index in [0.29, 0.717) is 19.8 Å². The van der Waals surface area contributed by atoms with Gasteiger partial charge in [0.05, 0.1) is 19.8 Å². The summed E-state index contributed by atoms with van der Waals surface area (Å²) in [4.78, 5) is 0. The first-order valence-electron chi connectivity index (χ1n) is 11.7. The van der Waals surface area contributed by atoms with E-state index in [-0.39, 0.29) is 0 Å². The summed E-state index contributed by atoms with van der Waals surface area (Å²) in [5.41, 5.74) is 6.42. The van der Waals surface area contributed by atoms with Crippen molar-refractivity contribution < 1.29 is 14.2 Å². The standard InChI is InChI=1S/C29H44O3/c1-24(2)13-11-15-26(5)19-21-30-29(7,32-23-28-17-9-8-10-18-28)31-22-20-27(6)16-12-14-25(3)4/h8-10,13-14,17-20H,11-12,15-16,21-23H2,1-7H3/b26-19+,27-20+. The Morgan fingerprint density at radius 1 is 0.688 bits per heavy atom. The number of hydrogen-bond acceptors (Lipinski definition) is 3.